The Labute approximate surface area is 157 Å². The van der Waals surface area contributed by atoms with Crippen LogP contribution in [0.2, 0.25) is 0 Å². The summed E-state index contributed by atoms with van der Waals surface area (Å²) in [5.41, 5.74) is 2.34. The Bertz CT molecular complexity index is 981. The minimum Gasteiger partial charge on any atom is -0.495 e. The lowest BCUT2D eigenvalue weighted by molar-refractivity contribution is 0.411. The molecule has 0 heterocycles. The zero-order valence-electron chi connectivity index (χ0n) is 12.9. The van der Waals surface area contributed by atoms with Gasteiger partial charge in [-0.15, -0.1) is 0 Å². The summed E-state index contributed by atoms with van der Waals surface area (Å²) in [5, 5.41) is 11.9. The average Bonchev–Trinajstić information content (AvgIpc) is 2.59. The Hall–Kier alpha value is -2.09. The molecule has 0 bridgehead atoms. The van der Waals surface area contributed by atoms with Gasteiger partial charge >= 0.3 is 0 Å². The first-order chi connectivity index (χ1) is 11.6. The molecule has 0 amide bonds. The molecular formula is C20H13Br2NO. The van der Waals surface area contributed by atoms with Gasteiger partial charge < -0.3 is 4.74 Å². The Morgan fingerprint density at radius 2 is 1.83 bits per heavy atom. The van der Waals surface area contributed by atoms with Crippen LogP contribution in [0.4, 0.5) is 0 Å². The van der Waals surface area contributed by atoms with E-state index < -0.39 is 0 Å². The van der Waals surface area contributed by atoms with Crippen molar-refractivity contribution in [1.29, 1.82) is 5.26 Å². The van der Waals surface area contributed by atoms with Gasteiger partial charge in [-0.05, 0) is 44.9 Å². The summed E-state index contributed by atoms with van der Waals surface area (Å²) in [6, 6.07) is 20.2. The molecule has 0 N–H and O–H groups in total. The van der Waals surface area contributed by atoms with Gasteiger partial charge in [-0.3, -0.25) is 0 Å². The van der Waals surface area contributed by atoms with E-state index in [4.69, 9.17) is 4.74 Å². The van der Waals surface area contributed by atoms with Crippen LogP contribution in [0.3, 0.4) is 0 Å². The standard InChI is InChI=1S/C20H13Br2NO/c1-24-20-14(10-16(21)11-19(20)22)9-15(12-23)18-8-4-6-13-5-2-3-7-17(13)18/h2-11H,1H3/b15-9-. The summed E-state index contributed by atoms with van der Waals surface area (Å²) in [5.74, 6) is 0.700. The molecule has 0 aliphatic carbocycles. The first kappa shape index (κ1) is 16.8. The molecule has 4 heteroatoms. The van der Waals surface area contributed by atoms with E-state index in [0.29, 0.717) is 11.3 Å². The lowest BCUT2D eigenvalue weighted by Gasteiger charge is -2.10. The highest BCUT2D eigenvalue weighted by atomic mass is 79.9. The molecule has 0 saturated heterocycles. The number of allylic oxidation sites excluding steroid dienone is 1. The Balaban J connectivity index is 2.23. The topological polar surface area (TPSA) is 33.0 Å². The van der Waals surface area contributed by atoms with Gasteiger partial charge in [0.1, 0.15) is 5.75 Å². The largest absolute Gasteiger partial charge is 0.495 e. The summed E-state index contributed by atoms with van der Waals surface area (Å²) in [6.45, 7) is 0. The SMILES string of the molecule is COc1c(Br)cc(Br)cc1/C=C(/C#N)c1cccc2ccccc12. The lowest BCUT2D eigenvalue weighted by Crippen LogP contribution is -1.91. The fraction of sp³-hybridized carbons (Fsp3) is 0.0500. The van der Waals surface area contributed by atoms with E-state index in [-0.39, 0.29) is 0 Å². The third-order valence-corrected chi connectivity index (χ3v) is 4.79. The van der Waals surface area contributed by atoms with Crippen LogP contribution < -0.4 is 4.74 Å². The summed E-state index contributed by atoms with van der Waals surface area (Å²) >= 11 is 6.99. The van der Waals surface area contributed by atoms with Crippen molar-refractivity contribution in [3.8, 4) is 11.8 Å². The first-order valence-electron chi connectivity index (χ1n) is 7.27. The van der Waals surface area contributed by atoms with E-state index in [1.807, 2.05) is 60.7 Å². The number of methoxy groups -OCH3 is 1. The number of benzene rings is 3. The predicted octanol–water partition coefficient (Wildman–Crippen LogP) is 6.44. The maximum Gasteiger partial charge on any atom is 0.140 e. The highest BCUT2D eigenvalue weighted by molar-refractivity contribution is 9.11. The van der Waals surface area contributed by atoms with Gasteiger partial charge in [0.25, 0.3) is 0 Å². The Kier molecular flexibility index (Phi) is 5.03. The molecule has 0 radical (unpaired) electrons. The molecule has 0 atom stereocenters. The van der Waals surface area contributed by atoms with E-state index >= 15 is 0 Å². The molecule has 0 aliphatic heterocycles. The molecule has 0 spiro atoms. The molecule has 2 nitrogen and oxygen atoms in total. The fourth-order valence-corrected chi connectivity index (χ4v) is 4.11. The van der Waals surface area contributed by atoms with Gasteiger partial charge in [0, 0.05) is 15.6 Å². The fourth-order valence-electron chi connectivity index (χ4n) is 2.69. The van der Waals surface area contributed by atoms with Gasteiger partial charge in [0.05, 0.1) is 23.2 Å². The number of halogens is 2. The van der Waals surface area contributed by atoms with Crippen molar-refractivity contribution in [3.63, 3.8) is 0 Å². The molecule has 3 rings (SSSR count). The highest BCUT2D eigenvalue weighted by Gasteiger charge is 2.11. The van der Waals surface area contributed by atoms with Crippen LogP contribution in [-0.4, -0.2) is 7.11 Å². The van der Waals surface area contributed by atoms with Gasteiger partial charge in [-0.2, -0.15) is 5.26 Å². The van der Waals surface area contributed by atoms with Crippen LogP contribution in [-0.2, 0) is 0 Å². The number of ether oxygens (including phenoxy) is 1. The number of hydrogen-bond donors (Lipinski definition) is 0. The van der Waals surface area contributed by atoms with Crippen molar-refractivity contribution in [2.45, 2.75) is 0 Å². The molecule has 0 saturated carbocycles. The molecule has 0 unspecified atom stereocenters. The van der Waals surface area contributed by atoms with Crippen molar-refractivity contribution in [2.75, 3.05) is 7.11 Å². The zero-order valence-corrected chi connectivity index (χ0v) is 16.1. The quantitative estimate of drug-likeness (QED) is 0.345. The zero-order chi connectivity index (χ0) is 17.1. The van der Waals surface area contributed by atoms with Crippen LogP contribution in [0.1, 0.15) is 11.1 Å². The van der Waals surface area contributed by atoms with Crippen molar-refractivity contribution in [3.05, 3.63) is 74.7 Å². The molecule has 3 aromatic rings. The molecule has 0 aliphatic rings. The second-order valence-corrected chi connectivity index (χ2v) is 6.98. The molecule has 24 heavy (non-hydrogen) atoms. The number of hydrogen-bond acceptors (Lipinski definition) is 2. The Morgan fingerprint density at radius 3 is 2.58 bits per heavy atom. The summed E-state index contributed by atoms with van der Waals surface area (Å²) < 4.78 is 7.23. The van der Waals surface area contributed by atoms with Crippen molar-refractivity contribution in [2.24, 2.45) is 0 Å². The van der Waals surface area contributed by atoms with Crippen LogP contribution in [0.25, 0.3) is 22.4 Å². The average molecular weight is 443 g/mol. The van der Waals surface area contributed by atoms with E-state index in [2.05, 4.69) is 37.9 Å². The summed E-state index contributed by atoms with van der Waals surface area (Å²) in [4.78, 5) is 0. The Morgan fingerprint density at radius 1 is 1.08 bits per heavy atom. The number of nitrogens with zero attached hydrogens (tertiary/aromatic N) is 1. The van der Waals surface area contributed by atoms with Gasteiger partial charge in [-0.25, -0.2) is 0 Å². The molecule has 3 aromatic carbocycles. The van der Waals surface area contributed by atoms with Gasteiger partial charge in [-0.1, -0.05) is 58.4 Å². The minimum atomic E-state index is 0.593. The van der Waals surface area contributed by atoms with Crippen molar-refractivity contribution < 1.29 is 4.74 Å². The van der Waals surface area contributed by atoms with Crippen molar-refractivity contribution >= 4 is 54.3 Å². The summed E-state index contributed by atoms with van der Waals surface area (Å²) in [6.07, 6.45) is 1.86. The minimum absolute atomic E-state index is 0.593. The second-order valence-electron chi connectivity index (χ2n) is 5.21. The van der Waals surface area contributed by atoms with E-state index in [9.17, 15) is 5.26 Å². The molecular weight excluding hydrogens is 430 g/mol. The van der Waals surface area contributed by atoms with Crippen molar-refractivity contribution in [1.82, 2.24) is 0 Å². The maximum absolute atomic E-state index is 9.72. The molecule has 0 aromatic heterocycles. The monoisotopic (exact) mass is 441 g/mol. The van der Waals surface area contributed by atoms with Crippen LogP contribution in [0.15, 0.2) is 63.5 Å². The second kappa shape index (κ2) is 7.21. The third kappa shape index (κ3) is 3.24. The van der Waals surface area contributed by atoms with Crippen LogP contribution in [0, 0.1) is 11.3 Å². The third-order valence-electron chi connectivity index (χ3n) is 3.74. The smallest absolute Gasteiger partial charge is 0.140 e. The lowest BCUT2D eigenvalue weighted by atomic mass is 9.97. The van der Waals surface area contributed by atoms with E-state index in [1.54, 1.807) is 7.11 Å². The van der Waals surface area contributed by atoms with Gasteiger partial charge in [0.15, 0.2) is 0 Å². The number of nitriles is 1. The predicted molar refractivity (Wildman–Crippen MR) is 106 cm³/mol. The number of rotatable bonds is 3. The molecule has 0 fully saturated rings. The van der Waals surface area contributed by atoms with E-state index in [0.717, 1.165) is 30.8 Å². The summed E-state index contributed by atoms with van der Waals surface area (Å²) in [7, 11) is 1.62. The van der Waals surface area contributed by atoms with E-state index in [1.165, 1.54) is 0 Å². The maximum atomic E-state index is 9.72. The molecule has 118 valence electrons. The van der Waals surface area contributed by atoms with Crippen LogP contribution >= 0.6 is 31.9 Å². The van der Waals surface area contributed by atoms with Gasteiger partial charge in [0.2, 0.25) is 0 Å². The number of fused-ring (bicyclic) bond motifs is 1. The first-order valence-corrected chi connectivity index (χ1v) is 8.85. The highest BCUT2D eigenvalue weighted by Crippen LogP contribution is 2.35. The normalized spacial score (nSPS) is 11.3. The van der Waals surface area contributed by atoms with Crippen LogP contribution in [0.5, 0.6) is 5.75 Å².